The van der Waals surface area contributed by atoms with E-state index in [0.29, 0.717) is 6.42 Å². The van der Waals surface area contributed by atoms with Crippen molar-refractivity contribution in [3.05, 3.63) is 0 Å². The first-order chi connectivity index (χ1) is 13.0. The van der Waals surface area contributed by atoms with E-state index in [2.05, 4.69) is 11.7 Å². The second-order valence-electron chi connectivity index (χ2n) is 7.30. The molecule has 1 atom stereocenters. The molecule has 0 aliphatic carbocycles. The minimum Gasteiger partial charge on any atom is -0.550 e. The molecule has 0 aliphatic rings. The van der Waals surface area contributed by atoms with Crippen LogP contribution >= 0.6 is 0 Å². The summed E-state index contributed by atoms with van der Waals surface area (Å²) in [7, 11) is 0. The predicted octanol–water partition coefficient (Wildman–Crippen LogP) is 0.399. The topological polar surface area (TPSA) is 110 Å². The molecule has 158 valence electrons. The van der Waals surface area contributed by atoms with Crippen molar-refractivity contribution in [1.29, 1.82) is 0 Å². The fourth-order valence-electron chi connectivity index (χ4n) is 2.92. The van der Waals surface area contributed by atoms with Crippen LogP contribution in [0.2, 0.25) is 0 Å². The number of carboxylic acid groups (broad SMARTS) is 1. The molecule has 0 aromatic heterocycles. The van der Waals surface area contributed by atoms with Crippen LogP contribution in [0.3, 0.4) is 0 Å². The number of aliphatic carboxylic acids is 1. The SMILES string of the molecule is CCCCCCCCCCCCCCCC(=O)OC(=O)C(N)CCC(=O)[O-].[K+]. The van der Waals surface area contributed by atoms with Crippen LogP contribution in [0.25, 0.3) is 0 Å². The average Bonchev–Trinajstić information content (AvgIpc) is 2.63. The number of ether oxygens (including phenoxy) is 1. The second-order valence-corrected chi connectivity index (χ2v) is 7.30. The van der Waals surface area contributed by atoms with Gasteiger partial charge in [0, 0.05) is 12.4 Å². The largest absolute Gasteiger partial charge is 1.00 e. The van der Waals surface area contributed by atoms with Crippen molar-refractivity contribution in [2.24, 2.45) is 5.73 Å². The number of carboxylic acids is 1. The molecule has 0 aromatic carbocycles. The van der Waals surface area contributed by atoms with E-state index in [0.717, 1.165) is 12.8 Å². The molecular weight excluding hydrogens is 385 g/mol. The Balaban J connectivity index is 0. The van der Waals surface area contributed by atoms with Gasteiger partial charge in [0.1, 0.15) is 6.04 Å². The van der Waals surface area contributed by atoms with Crippen molar-refractivity contribution in [3.8, 4) is 0 Å². The molecule has 0 rings (SSSR count). The molecule has 28 heavy (non-hydrogen) atoms. The zero-order valence-electron chi connectivity index (χ0n) is 18.0. The Bertz CT molecular complexity index is 418. The molecule has 0 bridgehead atoms. The van der Waals surface area contributed by atoms with Gasteiger partial charge in [0.05, 0.1) is 0 Å². The predicted molar refractivity (Wildman–Crippen MR) is 104 cm³/mol. The molecular formula is C21H38KNO5. The minimum atomic E-state index is -1.28. The zero-order chi connectivity index (χ0) is 20.3. The van der Waals surface area contributed by atoms with Gasteiger partial charge in [-0.25, -0.2) is 4.79 Å². The first kappa shape index (κ1) is 30.4. The van der Waals surface area contributed by atoms with E-state index >= 15 is 0 Å². The van der Waals surface area contributed by atoms with Crippen LogP contribution in [-0.2, 0) is 19.1 Å². The van der Waals surface area contributed by atoms with Crippen molar-refractivity contribution in [2.75, 3.05) is 0 Å². The Kier molecular flexibility index (Phi) is 23.8. The number of rotatable bonds is 18. The number of unbranched alkanes of at least 4 members (excludes halogenated alkanes) is 12. The van der Waals surface area contributed by atoms with Gasteiger partial charge in [0.15, 0.2) is 0 Å². The minimum absolute atomic E-state index is 0. The molecule has 0 radical (unpaired) electrons. The van der Waals surface area contributed by atoms with E-state index in [4.69, 9.17) is 5.73 Å². The smallest absolute Gasteiger partial charge is 0.550 e. The Hall–Kier alpha value is 0.206. The molecule has 0 spiro atoms. The third-order valence-corrected chi connectivity index (χ3v) is 4.66. The van der Waals surface area contributed by atoms with Crippen LogP contribution in [0.4, 0.5) is 0 Å². The summed E-state index contributed by atoms with van der Waals surface area (Å²) in [5.41, 5.74) is 5.47. The second kappa shape index (κ2) is 21.9. The fourth-order valence-corrected chi connectivity index (χ4v) is 2.92. The van der Waals surface area contributed by atoms with Crippen molar-refractivity contribution < 1.29 is 75.6 Å². The van der Waals surface area contributed by atoms with Gasteiger partial charge in [0.2, 0.25) is 0 Å². The standard InChI is InChI=1S/C21H39NO5.K/c1-2-3-4-5-6-7-8-9-10-11-12-13-14-15-20(25)27-21(26)18(22)16-17-19(23)24;/h18H,2-17,22H2,1H3,(H,23,24);/q;+1/p-1. The normalized spacial score (nSPS) is 11.5. The van der Waals surface area contributed by atoms with Crippen LogP contribution in [0.15, 0.2) is 0 Å². The molecule has 0 fully saturated rings. The van der Waals surface area contributed by atoms with Gasteiger partial charge in [-0.05, 0) is 19.3 Å². The van der Waals surface area contributed by atoms with E-state index in [-0.39, 0.29) is 70.6 Å². The number of esters is 2. The summed E-state index contributed by atoms with van der Waals surface area (Å²) in [5, 5.41) is 10.3. The molecule has 2 N–H and O–H groups in total. The number of carbonyl (C=O) groups excluding carboxylic acids is 3. The summed E-state index contributed by atoms with van der Waals surface area (Å²) in [4.78, 5) is 33.4. The molecule has 7 heteroatoms. The Morgan fingerprint density at radius 1 is 0.786 bits per heavy atom. The summed E-state index contributed by atoms with van der Waals surface area (Å²) >= 11 is 0. The van der Waals surface area contributed by atoms with Crippen molar-refractivity contribution in [2.45, 2.75) is 116 Å². The molecule has 6 nitrogen and oxygen atoms in total. The molecule has 0 saturated carbocycles. The van der Waals surface area contributed by atoms with Gasteiger partial charge in [-0.3, -0.25) is 4.79 Å². The first-order valence-corrected chi connectivity index (χ1v) is 10.7. The van der Waals surface area contributed by atoms with Gasteiger partial charge >= 0.3 is 63.3 Å². The molecule has 0 aliphatic heterocycles. The number of hydrogen-bond donors (Lipinski definition) is 1. The van der Waals surface area contributed by atoms with Gasteiger partial charge in [-0.1, -0.05) is 84.0 Å². The molecule has 1 unspecified atom stereocenters. The monoisotopic (exact) mass is 423 g/mol. The van der Waals surface area contributed by atoms with E-state index in [1.807, 2.05) is 0 Å². The quantitative estimate of drug-likeness (QED) is 0.148. The van der Waals surface area contributed by atoms with Crippen molar-refractivity contribution in [1.82, 2.24) is 0 Å². The van der Waals surface area contributed by atoms with Crippen LogP contribution in [0.1, 0.15) is 110 Å². The molecule has 0 aromatic rings. The van der Waals surface area contributed by atoms with Crippen LogP contribution in [0, 0.1) is 0 Å². The Morgan fingerprint density at radius 3 is 1.64 bits per heavy atom. The number of nitrogens with two attached hydrogens (primary N) is 1. The maximum Gasteiger partial charge on any atom is 1.00 e. The zero-order valence-corrected chi connectivity index (χ0v) is 21.1. The van der Waals surface area contributed by atoms with Crippen molar-refractivity contribution >= 4 is 17.9 Å². The van der Waals surface area contributed by atoms with Gasteiger partial charge in [-0.15, -0.1) is 0 Å². The molecule has 0 saturated heterocycles. The Morgan fingerprint density at radius 2 is 1.21 bits per heavy atom. The summed E-state index contributed by atoms with van der Waals surface area (Å²) < 4.78 is 4.64. The number of carbonyl (C=O) groups is 3. The first-order valence-electron chi connectivity index (χ1n) is 10.7. The Labute approximate surface area is 213 Å². The van der Waals surface area contributed by atoms with E-state index < -0.39 is 23.9 Å². The van der Waals surface area contributed by atoms with E-state index in [9.17, 15) is 19.5 Å². The van der Waals surface area contributed by atoms with Crippen LogP contribution in [0.5, 0.6) is 0 Å². The third kappa shape index (κ3) is 20.9. The molecule has 0 heterocycles. The molecule has 0 amide bonds. The fraction of sp³-hybridized carbons (Fsp3) is 0.857. The van der Waals surface area contributed by atoms with Crippen LogP contribution < -0.4 is 62.2 Å². The summed E-state index contributed by atoms with van der Waals surface area (Å²) in [6.07, 6.45) is 15.6. The van der Waals surface area contributed by atoms with E-state index in [1.54, 1.807) is 0 Å². The van der Waals surface area contributed by atoms with Crippen LogP contribution in [-0.4, -0.2) is 23.9 Å². The van der Waals surface area contributed by atoms with Gasteiger partial charge in [0.25, 0.3) is 0 Å². The van der Waals surface area contributed by atoms with Crippen molar-refractivity contribution in [3.63, 3.8) is 0 Å². The summed E-state index contributed by atoms with van der Waals surface area (Å²) in [5.74, 6) is -2.74. The van der Waals surface area contributed by atoms with Gasteiger partial charge in [-0.2, -0.15) is 0 Å². The van der Waals surface area contributed by atoms with E-state index in [1.165, 1.54) is 64.2 Å². The number of hydrogen-bond acceptors (Lipinski definition) is 6. The van der Waals surface area contributed by atoms with Gasteiger partial charge < -0.3 is 20.4 Å². The summed E-state index contributed by atoms with van der Waals surface area (Å²) in [6, 6.07) is -1.10. The maximum atomic E-state index is 11.6. The summed E-state index contributed by atoms with van der Waals surface area (Å²) in [6.45, 7) is 2.24. The maximum absolute atomic E-state index is 11.6. The average molecular weight is 424 g/mol. The third-order valence-electron chi connectivity index (χ3n) is 4.66.